The van der Waals surface area contributed by atoms with Crippen molar-refractivity contribution < 1.29 is 9.90 Å². The first-order valence-corrected chi connectivity index (χ1v) is 6.72. The predicted molar refractivity (Wildman–Crippen MR) is 75.4 cm³/mol. The van der Waals surface area contributed by atoms with E-state index in [0.717, 1.165) is 31.9 Å². The Labute approximate surface area is 113 Å². The van der Waals surface area contributed by atoms with Crippen LogP contribution in [0.25, 0.3) is 0 Å². The summed E-state index contributed by atoms with van der Waals surface area (Å²) in [6.07, 6.45) is 0. The number of anilines is 1. The first-order chi connectivity index (χ1) is 9.20. The number of nitrogens with zero attached hydrogens (tertiary/aromatic N) is 2. The molecule has 2 rings (SSSR count). The molecule has 1 amide bonds. The van der Waals surface area contributed by atoms with Crippen LogP contribution in [0.4, 0.5) is 5.69 Å². The van der Waals surface area contributed by atoms with Gasteiger partial charge in [0.1, 0.15) is 5.75 Å². The van der Waals surface area contributed by atoms with Crippen molar-refractivity contribution in [1.82, 2.24) is 10.2 Å². The highest BCUT2D eigenvalue weighted by molar-refractivity contribution is 5.78. The number of amides is 1. The zero-order chi connectivity index (χ0) is 13.7. The zero-order valence-corrected chi connectivity index (χ0v) is 11.3. The summed E-state index contributed by atoms with van der Waals surface area (Å²) in [7, 11) is 0. The number of phenolic OH excluding ortho intramolecular Hbond substituents is 1. The molecule has 5 heteroatoms. The molecule has 5 nitrogen and oxygen atoms in total. The molecule has 0 saturated carbocycles. The van der Waals surface area contributed by atoms with Gasteiger partial charge in [-0.15, -0.1) is 0 Å². The van der Waals surface area contributed by atoms with Gasteiger partial charge in [-0.05, 0) is 19.1 Å². The summed E-state index contributed by atoms with van der Waals surface area (Å²) in [6, 6.07) is 7.38. The van der Waals surface area contributed by atoms with E-state index < -0.39 is 0 Å². The molecule has 0 aromatic heterocycles. The van der Waals surface area contributed by atoms with Crippen LogP contribution in [0.15, 0.2) is 24.3 Å². The highest BCUT2D eigenvalue weighted by atomic mass is 16.3. The summed E-state index contributed by atoms with van der Waals surface area (Å²) >= 11 is 0. The van der Waals surface area contributed by atoms with Gasteiger partial charge in [-0.2, -0.15) is 0 Å². The minimum absolute atomic E-state index is 0.0820. The highest BCUT2D eigenvalue weighted by Crippen LogP contribution is 2.26. The van der Waals surface area contributed by atoms with Gasteiger partial charge in [0, 0.05) is 32.7 Å². The summed E-state index contributed by atoms with van der Waals surface area (Å²) in [5.41, 5.74) is 0.875. The fourth-order valence-corrected chi connectivity index (χ4v) is 2.33. The largest absolute Gasteiger partial charge is 0.506 e. The van der Waals surface area contributed by atoms with Crippen molar-refractivity contribution in [2.24, 2.45) is 0 Å². The van der Waals surface area contributed by atoms with E-state index in [0.29, 0.717) is 18.8 Å². The molecular weight excluding hydrogens is 242 g/mol. The lowest BCUT2D eigenvalue weighted by molar-refractivity contribution is -0.122. The zero-order valence-electron chi connectivity index (χ0n) is 11.3. The monoisotopic (exact) mass is 263 g/mol. The minimum Gasteiger partial charge on any atom is -0.506 e. The number of likely N-dealkylation sites (N-methyl/N-ethyl adjacent to an activating group) is 1. The Morgan fingerprint density at radius 1 is 1.26 bits per heavy atom. The Morgan fingerprint density at radius 2 is 1.95 bits per heavy atom. The van der Waals surface area contributed by atoms with Gasteiger partial charge in [0.25, 0.3) is 0 Å². The van der Waals surface area contributed by atoms with Crippen molar-refractivity contribution >= 4 is 11.6 Å². The van der Waals surface area contributed by atoms with Crippen LogP contribution in [-0.2, 0) is 4.79 Å². The number of hydrogen-bond acceptors (Lipinski definition) is 4. The SMILES string of the molecule is CCNC(=O)CN1CCN(c2ccccc2O)CC1. The van der Waals surface area contributed by atoms with Crippen molar-refractivity contribution in [3.05, 3.63) is 24.3 Å². The second-order valence-corrected chi connectivity index (χ2v) is 4.71. The van der Waals surface area contributed by atoms with Crippen LogP contribution in [0.2, 0.25) is 0 Å². The van der Waals surface area contributed by atoms with Gasteiger partial charge in [-0.25, -0.2) is 0 Å². The molecule has 0 spiro atoms. The van der Waals surface area contributed by atoms with E-state index >= 15 is 0 Å². The van der Waals surface area contributed by atoms with Gasteiger partial charge in [0.05, 0.1) is 12.2 Å². The number of rotatable bonds is 4. The molecule has 1 heterocycles. The van der Waals surface area contributed by atoms with Crippen LogP contribution in [0.1, 0.15) is 6.92 Å². The van der Waals surface area contributed by atoms with Crippen LogP contribution >= 0.6 is 0 Å². The van der Waals surface area contributed by atoms with E-state index in [1.807, 2.05) is 25.1 Å². The number of benzene rings is 1. The Morgan fingerprint density at radius 3 is 2.58 bits per heavy atom. The summed E-state index contributed by atoms with van der Waals surface area (Å²) in [4.78, 5) is 15.8. The van der Waals surface area contributed by atoms with E-state index in [9.17, 15) is 9.90 Å². The second-order valence-electron chi connectivity index (χ2n) is 4.71. The highest BCUT2D eigenvalue weighted by Gasteiger charge is 2.20. The number of hydrogen-bond donors (Lipinski definition) is 2. The van der Waals surface area contributed by atoms with Crippen LogP contribution in [0.3, 0.4) is 0 Å². The van der Waals surface area contributed by atoms with E-state index in [1.54, 1.807) is 6.07 Å². The lowest BCUT2D eigenvalue weighted by Crippen LogP contribution is -2.49. The van der Waals surface area contributed by atoms with Crippen LogP contribution in [0, 0.1) is 0 Å². The number of phenols is 1. The second kappa shape index (κ2) is 6.43. The molecule has 0 atom stereocenters. The third-order valence-corrected chi connectivity index (χ3v) is 3.34. The maximum Gasteiger partial charge on any atom is 0.234 e. The molecule has 1 fully saturated rings. The molecule has 104 valence electrons. The molecule has 1 saturated heterocycles. The lowest BCUT2D eigenvalue weighted by atomic mass is 10.2. The van der Waals surface area contributed by atoms with Gasteiger partial charge in [0.15, 0.2) is 0 Å². The van der Waals surface area contributed by atoms with Gasteiger partial charge in [-0.3, -0.25) is 9.69 Å². The lowest BCUT2D eigenvalue weighted by Gasteiger charge is -2.35. The first kappa shape index (κ1) is 13.7. The molecule has 1 aromatic carbocycles. The van der Waals surface area contributed by atoms with Crippen LogP contribution in [-0.4, -0.2) is 55.2 Å². The topological polar surface area (TPSA) is 55.8 Å². The van der Waals surface area contributed by atoms with Crippen LogP contribution in [0.5, 0.6) is 5.75 Å². The Balaban J connectivity index is 1.86. The van der Waals surface area contributed by atoms with Crippen molar-refractivity contribution in [3.63, 3.8) is 0 Å². The molecule has 0 bridgehead atoms. The molecular formula is C14H21N3O2. The van der Waals surface area contributed by atoms with Gasteiger partial charge >= 0.3 is 0 Å². The van der Waals surface area contributed by atoms with E-state index in [4.69, 9.17) is 0 Å². The van der Waals surface area contributed by atoms with Gasteiger partial charge in [-0.1, -0.05) is 12.1 Å². The Bertz CT molecular complexity index is 428. The molecule has 0 aliphatic carbocycles. The third kappa shape index (κ3) is 3.61. The predicted octanol–water partition coefficient (Wildman–Crippen LogP) is 0.650. The fraction of sp³-hybridized carbons (Fsp3) is 0.500. The Kier molecular flexibility index (Phi) is 4.63. The van der Waals surface area contributed by atoms with E-state index in [-0.39, 0.29) is 5.91 Å². The maximum atomic E-state index is 11.5. The number of para-hydroxylation sites is 2. The summed E-state index contributed by atoms with van der Waals surface area (Å²) in [5.74, 6) is 0.401. The smallest absolute Gasteiger partial charge is 0.234 e. The number of nitrogens with one attached hydrogen (secondary N) is 1. The normalized spacial score (nSPS) is 16.4. The minimum atomic E-state index is 0.0820. The standard InChI is InChI=1S/C14H21N3O2/c1-2-15-14(19)11-16-7-9-17(10-8-16)12-5-3-4-6-13(12)18/h3-6,18H,2,7-11H2,1H3,(H,15,19). The number of carbonyl (C=O) groups is 1. The first-order valence-electron chi connectivity index (χ1n) is 6.72. The maximum absolute atomic E-state index is 11.5. The molecule has 1 aliphatic heterocycles. The quantitative estimate of drug-likeness (QED) is 0.837. The van der Waals surface area contributed by atoms with Gasteiger partial charge < -0.3 is 15.3 Å². The number of carbonyl (C=O) groups excluding carboxylic acids is 1. The molecule has 0 radical (unpaired) electrons. The summed E-state index contributed by atoms with van der Waals surface area (Å²) in [6.45, 7) is 6.40. The van der Waals surface area contributed by atoms with Crippen molar-refractivity contribution in [1.29, 1.82) is 0 Å². The summed E-state index contributed by atoms with van der Waals surface area (Å²) in [5, 5.41) is 12.6. The average molecular weight is 263 g/mol. The van der Waals surface area contributed by atoms with Crippen molar-refractivity contribution in [2.75, 3.05) is 44.2 Å². The molecule has 2 N–H and O–H groups in total. The van der Waals surface area contributed by atoms with E-state index in [2.05, 4.69) is 15.1 Å². The number of aromatic hydroxyl groups is 1. The third-order valence-electron chi connectivity index (χ3n) is 3.34. The molecule has 1 aliphatic rings. The Hall–Kier alpha value is -1.75. The summed E-state index contributed by atoms with van der Waals surface area (Å²) < 4.78 is 0. The van der Waals surface area contributed by atoms with Crippen molar-refractivity contribution in [3.8, 4) is 5.75 Å². The molecule has 0 unspecified atom stereocenters. The van der Waals surface area contributed by atoms with Gasteiger partial charge in [0.2, 0.25) is 5.91 Å². The molecule has 1 aromatic rings. The average Bonchev–Trinajstić information content (AvgIpc) is 2.41. The van der Waals surface area contributed by atoms with E-state index in [1.165, 1.54) is 0 Å². The van der Waals surface area contributed by atoms with Crippen LogP contribution < -0.4 is 10.2 Å². The molecule has 19 heavy (non-hydrogen) atoms. The fourth-order valence-electron chi connectivity index (χ4n) is 2.33. The number of piperazine rings is 1. The van der Waals surface area contributed by atoms with Crippen molar-refractivity contribution in [2.45, 2.75) is 6.92 Å².